The van der Waals surface area contributed by atoms with Crippen molar-refractivity contribution in [1.82, 2.24) is 24.8 Å². The molecule has 2 aromatic heterocycles. The third-order valence-corrected chi connectivity index (χ3v) is 10.7. The van der Waals surface area contributed by atoms with Gasteiger partial charge in [0.25, 0.3) is 0 Å². The summed E-state index contributed by atoms with van der Waals surface area (Å²) in [5.74, 6) is -1.07. The van der Waals surface area contributed by atoms with E-state index in [0.717, 1.165) is 50.1 Å². The van der Waals surface area contributed by atoms with Gasteiger partial charge in [-0.25, -0.2) is 23.4 Å². The summed E-state index contributed by atoms with van der Waals surface area (Å²) in [7, 11) is 0. The lowest BCUT2D eigenvalue weighted by molar-refractivity contribution is 0.0104. The van der Waals surface area contributed by atoms with Crippen LogP contribution < -0.4 is 15.4 Å². The number of halogens is 3. The van der Waals surface area contributed by atoms with Gasteiger partial charge in [-0.3, -0.25) is 10.2 Å². The van der Waals surface area contributed by atoms with Crippen molar-refractivity contribution in [3.63, 3.8) is 0 Å². The Morgan fingerprint density at radius 3 is 2.37 bits per heavy atom. The highest BCUT2D eigenvalue weighted by Gasteiger charge is 2.45. The number of hydrogen-bond donors (Lipinski definition) is 2. The number of benzene rings is 2. The van der Waals surface area contributed by atoms with Gasteiger partial charge in [0, 0.05) is 29.6 Å². The number of nitrogens with one attached hydrogen (secondary N) is 2. The number of thiazole rings is 1. The van der Waals surface area contributed by atoms with E-state index in [1.165, 1.54) is 12.1 Å². The van der Waals surface area contributed by atoms with E-state index in [1.807, 2.05) is 20.8 Å². The van der Waals surface area contributed by atoms with Crippen molar-refractivity contribution in [2.24, 2.45) is 0 Å². The number of carbonyl (C=O) groups is 2. The molecule has 12 nitrogen and oxygen atoms in total. The van der Waals surface area contributed by atoms with Gasteiger partial charge in [-0.2, -0.15) is 9.97 Å². The second-order valence-electron chi connectivity index (χ2n) is 15.7. The van der Waals surface area contributed by atoms with E-state index in [1.54, 1.807) is 31.7 Å². The molecule has 278 valence electrons. The van der Waals surface area contributed by atoms with Crippen LogP contribution in [0.4, 0.5) is 29.3 Å². The topological polar surface area (TPSA) is 131 Å². The third kappa shape index (κ3) is 7.27. The van der Waals surface area contributed by atoms with E-state index in [0.29, 0.717) is 30.9 Å². The maximum Gasteiger partial charge on any atom is 0.413 e. The molecule has 3 aliphatic rings. The molecule has 0 saturated carbocycles. The number of amides is 2. The van der Waals surface area contributed by atoms with Crippen molar-refractivity contribution in [3.8, 4) is 17.1 Å². The maximum atomic E-state index is 17.0. The number of rotatable bonds is 7. The third-order valence-electron chi connectivity index (χ3n) is 9.39. The lowest BCUT2D eigenvalue weighted by Gasteiger charge is -2.40. The zero-order valence-electron chi connectivity index (χ0n) is 30.0. The number of nitrogens with zero attached hydrogens (tertiary/aromatic N) is 5. The van der Waals surface area contributed by atoms with Crippen LogP contribution in [0.15, 0.2) is 18.2 Å². The molecule has 4 aromatic rings. The van der Waals surface area contributed by atoms with Gasteiger partial charge < -0.3 is 24.4 Å². The van der Waals surface area contributed by atoms with Crippen molar-refractivity contribution >= 4 is 67.2 Å². The van der Waals surface area contributed by atoms with Gasteiger partial charge in [0.05, 0.1) is 26.8 Å². The fourth-order valence-electron chi connectivity index (χ4n) is 7.12. The standard InChI is InChI=1S/C36H42ClF2N7O5S/c1-34(2,3)50-32(47)44-31-42-27-20(9-10-23(38)28(27)52-31)24-22(37)15-21-26(25(24)39)41-30(49-18-36-11-7-13-46(36)14-8-12-36)43-29(21)40-19-16-45(17-19)33(48)51-35(4,5)6/h9-10,15,19H,7-8,11-14,16-18H2,1-6H3,(H,40,41,43)(H,42,44,47). The van der Waals surface area contributed by atoms with Crippen LogP contribution in [-0.2, 0) is 9.47 Å². The summed E-state index contributed by atoms with van der Waals surface area (Å²) in [6.07, 6.45) is 2.99. The summed E-state index contributed by atoms with van der Waals surface area (Å²) in [5, 5.41) is 6.28. The lowest BCUT2D eigenvalue weighted by Crippen LogP contribution is -2.58. The van der Waals surface area contributed by atoms with Crippen molar-refractivity contribution in [2.45, 2.75) is 90.0 Å². The first-order valence-corrected chi connectivity index (χ1v) is 18.6. The molecular weight excluding hydrogens is 716 g/mol. The molecule has 0 unspecified atom stereocenters. The normalized spacial score (nSPS) is 17.7. The highest BCUT2D eigenvalue weighted by atomic mass is 35.5. The number of carbonyl (C=O) groups excluding carboxylic acids is 2. The molecule has 2 amide bonds. The van der Waals surface area contributed by atoms with Gasteiger partial charge in [0.1, 0.15) is 35.0 Å². The minimum absolute atomic E-state index is 0.000350. The molecule has 0 atom stereocenters. The fourth-order valence-corrected chi connectivity index (χ4v) is 8.29. The largest absolute Gasteiger partial charge is 0.461 e. The summed E-state index contributed by atoms with van der Waals surface area (Å²) in [6.45, 7) is 13.7. The van der Waals surface area contributed by atoms with Crippen molar-refractivity contribution in [2.75, 3.05) is 43.4 Å². The highest BCUT2D eigenvalue weighted by Crippen LogP contribution is 2.43. The Morgan fingerprint density at radius 2 is 1.69 bits per heavy atom. The number of likely N-dealkylation sites (tertiary alicyclic amines) is 1. The fraction of sp³-hybridized carbons (Fsp3) is 0.528. The predicted octanol–water partition coefficient (Wildman–Crippen LogP) is 8.22. The zero-order valence-corrected chi connectivity index (χ0v) is 31.6. The molecule has 52 heavy (non-hydrogen) atoms. The monoisotopic (exact) mass is 757 g/mol. The molecule has 7 rings (SSSR count). The SMILES string of the molecule is CC(C)(C)OC(=O)Nc1nc2c(-c3c(Cl)cc4c(NC5CN(C(=O)OC(C)(C)C)C5)nc(OCC56CCCN5CCC6)nc4c3F)ccc(F)c2s1. The molecule has 0 spiro atoms. The molecule has 16 heteroatoms. The van der Waals surface area contributed by atoms with Crippen LogP contribution in [-0.4, -0.2) is 92.5 Å². The molecule has 2 N–H and O–H groups in total. The molecule has 5 heterocycles. The molecule has 2 aromatic carbocycles. The zero-order chi connectivity index (χ0) is 37.2. The van der Waals surface area contributed by atoms with E-state index >= 15 is 8.78 Å². The van der Waals surface area contributed by atoms with Crippen LogP contribution in [0.5, 0.6) is 6.01 Å². The molecule has 3 fully saturated rings. The average Bonchev–Trinajstić information content (AvgIpc) is 3.72. The minimum Gasteiger partial charge on any atom is -0.461 e. The number of hydrogen-bond acceptors (Lipinski definition) is 11. The summed E-state index contributed by atoms with van der Waals surface area (Å²) in [4.78, 5) is 42.8. The average molecular weight is 758 g/mol. The summed E-state index contributed by atoms with van der Waals surface area (Å²) in [5.41, 5.74) is -1.27. The first kappa shape index (κ1) is 36.3. The van der Waals surface area contributed by atoms with Gasteiger partial charge in [-0.1, -0.05) is 22.9 Å². The predicted molar refractivity (Wildman–Crippen MR) is 196 cm³/mol. The van der Waals surface area contributed by atoms with Crippen LogP contribution >= 0.6 is 22.9 Å². The van der Waals surface area contributed by atoms with Gasteiger partial charge >= 0.3 is 18.2 Å². The van der Waals surface area contributed by atoms with Crippen LogP contribution in [0.1, 0.15) is 67.2 Å². The Labute approximate surface area is 309 Å². The van der Waals surface area contributed by atoms with E-state index in [9.17, 15) is 9.59 Å². The van der Waals surface area contributed by atoms with Crippen LogP contribution in [0.25, 0.3) is 32.2 Å². The van der Waals surface area contributed by atoms with Crippen molar-refractivity contribution in [1.29, 1.82) is 0 Å². The number of aromatic nitrogens is 3. The Bertz CT molecular complexity index is 2050. The highest BCUT2D eigenvalue weighted by molar-refractivity contribution is 7.22. The lowest BCUT2D eigenvalue weighted by atomic mass is 9.95. The molecule has 0 radical (unpaired) electrons. The Balaban J connectivity index is 1.25. The second kappa shape index (κ2) is 13.4. The molecule has 0 aliphatic carbocycles. The maximum absolute atomic E-state index is 17.0. The van der Waals surface area contributed by atoms with E-state index in [-0.39, 0.29) is 54.6 Å². The Hall–Kier alpha value is -4.08. The summed E-state index contributed by atoms with van der Waals surface area (Å²) < 4.78 is 49.3. The Morgan fingerprint density at radius 1 is 1.00 bits per heavy atom. The van der Waals surface area contributed by atoms with Crippen molar-refractivity contribution < 1.29 is 32.6 Å². The van der Waals surface area contributed by atoms with Gasteiger partial charge in [0.2, 0.25) is 0 Å². The second-order valence-corrected chi connectivity index (χ2v) is 17.1. The first-order valence-electron chi connectivity index (χ1n) is 17.4. The van der Waals surface area contributed by atoms with Crippen LogP contribution in [0, 0.1) is 11.6 Å². The first-order chi connectivity index (χ1) is 24.5. The van der Waals surface area contributed by atoms with E-state index in [4.69, 9.17) is 30.8 Å². The van der Waals surface area contributed by atoms with E-state index in [2.05, 4.69) is 25.5 Å². The number of anilines is 2. The molecule has 3 aliphatic heterocycles. The quantitative estimate of drug-likeness (QED) is 0.190. The van der Waals surface area contributed by atoms with Crippen LogP contribution in [0.3, 0.4) is 0 Å². The van der Waals surface area contributed by atoms with Gasteiger partial charge in [-0.15, -0.1) is 0 Å². The van der Waals surface area contributed by atoms with E-state index < -0.39 is 35.0 Å². The molecule has 3 saturated heterocycles. The number of fused-ring (bicyclic) bond motifs is 3. The number of ether oxygens (including phenoxy) is 3. The van der Waals surface area contributed by atoms with Crippen LogP contribution in [0.2, 0.25) is 5.02 Å². The molecular formula is C36H42ClF2N7O5S. The Kier molecular flexibility index (Phi) is 9.35. The van der Waals surface area contributed by atoms with Gasteiger partial charge in [-0.05, 0) is 98.5 Å². The molecule has 0 bridgehead atoms. The summed E-state index contributed by atoms with van der Waals surface area (Å²) in [6, 6.07) is 3.95. The smallest absolute Gasteiger partial charge is 0.413 e. The van der Waals surface area contributed by atoms with Crippen molar-refractivity contribution in [3.05, 3.63) is 34.9 Å². The van der Waals surface area contributed by atoms with Gasteiger partial charge in [0.15, 0.2) is 10.9 Å². The summed E-state index contributed by atoms with van der Waals surface area (Å²) >= 11 is 7.73. The minimum atomic E-state index is -0.772.